The van der Waals surface area contributed by atoms with E-state index in [1.54, 1.807) is 13.2 Å². The standard InChI is InChI=1S/C25H27NO5S/c1-5-7-20(6-2)32(27,28)31-25-22-16-26-13-12-18-14-19(29-3)9-10-21(18)23(26)15-17(22)8-11-24(25)30-4/h5-11,14,23H,1-2,12-13,15-16H2,3-4H3/b20-7+. The lowest BCUT2D eigenvalue weighted by molar-refractivity contribution is 0.159. The number of rotatable bonds is 7. The van der Waals surface area contributed by atoms with E-state index in [4.69, 9.17) is 13.7 Å². The van der Waals surface area contributed by atoms with Gasteiger partial charge >= 0.3 is 10.1 Å². The van der Waals surface area contributed by atoms with Gasteiger partial charge in [-0.2, -0.15) is 8.42 Å². The number of fused-ring (bicyclic) bond motifs is 4. The first-order valence-corrected chi connectivity index (χ1v) is 11.8. The normalized spacial score (nSPS) is 18.1. The van der Waals surface area contributed by atoms with Gasteiger partial charge in [-0.3, -0.25) is 4.90 Å². The molecule has 2 heterocycles. The van der Waals surface area contributed by atoms with Gasteiger partial charge in [0.15, 0.2) is 11.5 Å². The van der Waals surface area contributed by atoms with E-state index in [0.29, 0.717) is 12.3 Å². The van der Waals surface area contributed by atoms with Crippen LogP contribution in [0.3, 0.4) is 0 Å². The highest BCUT2D eigenvalue weighted by Gasteiger charge is 2.35. The van der Waals surface area contributed by atoms with Gasteiger partial charge in [0.1, 0.15) is 10.7 Å². The minimum Gasteiger partial charge on any atom is -0.497 e. The fraction of sp³-hybridized carbons (Fsp3) is 0.280. The number of ether oxygens (including phenoxy) is 2. The molecule has 1 atom stereocenters. The topological polar surface area (TPSA) is 65.1 Å². The summed E-state index contributed by atoms with van der Waals surface area (Å²) in [5, 5.41) is 0. The lowest BCUT2D eigenvalue weighted by Gasteiger charge is -2.42. The molecule has 0 radical (unpaired) electrons. The molecule has 168 valence electrons. The van der Waals surface area contributed by atoms with Crippen LogP contribution >= 0.6 is 0 Å². The van der Waals surface area contributed by atoms with Crippen molar-refractivity contribution in [3.63, 3.8) is 0 Å². The molecule has 0 fully saturated rings. The second-order valence-electron chi connectivity index (χ2n) is 7.79. The van der Waals surface area contributed by atoms with E-state index in [2.05, 4.69) is 30.2 Å². The van der Waals surface area contributed by atoms with Crippen molar-refractivity contribution in [3.05, 3.63) is 88.9 Å². The molecule has 2 aliphatic heterocycles. The molecule has 2 aliphatic rings. The molecule has 0 N–H and O–H groups in total. The zero-order valence-corrected chi connectivity index (χ0v) is 19.2. The first kappa shape index (κ1) is 22.2. The molecule has 0 aliphatic carbocycles. The summed E-state index contributed by atoms with van der Waals surface area (Å²) < 4.78 is 42.3. The summed E-state index contributed by atoms with van der Waals surface area (Å²) in [5.41, 5.74) is 4.47. The predicted molar refractivity (Wildman–Crippen MR) is 125 cm³/mol. The number of hydrogen-bond donors (Lipinski definition) is 0. The van der Waals surface area contributed by atoms with Crippen molar-refractivity contribution in [1.82, 2.24) is 4.90 Å². The molecule has 4 rings (SSSR count). The van der Waals surface area contributed by atoms with Crippen LogP contribution in [0.1, 0.15) is 28.3 Å². The second-order valence-corrected chi connectivity index (χ2v) is 9.33. The quantitative estimate of drug-likeness (QED) is 0.459. The lowest BCUT2D eigenvalue weighted by Crippen LogP contribution is -2.39. The Kier molecular flexibility index (Phi) is 6.13. The van der Waals surface area contributed by atoms with E-state index in [1.807, 2.05) is 12.1 Å². The average Bonchev–Trinajstić information content (AvgIpc) is 2.80. The van der Waals surface area contributed by atoms with Gasteiger partial charge < -0.3 is 13.7 Å². The van der Waals surface area contributed by atoms with Crippen molar-refractivity contribution in [3.8, 4) is 17.2 Å². The molecule has 1 unspecified atom stereocenters. The fourth-order valence-electron chi connectivity index (χ4n) is 4.50. The van der Waals surface area contributed by atoms with Crippen molar-refractivity contribution in [2.45, 2.75) is 25.4 Å². The Morgan fingerprint density at radius 3 is 2.62 bits per heavy atom. The minimum absolute atomic E-state index is 0.0540. The van der Waals surface area contributed by atoms with Gasteiger partial charge in [-0.05, 0) is 59.9 Å². The van der Waals surface area contributed by atoms with E-state index in [0.717, 1.165) is 36.3 Å². The van der Waals surface area contributed by atoms with Crippen molar-refractivity contribution >= 4 is 10.1 Å². The van der Waals surface area contributed by atoms with Gasteiger partial charge in [0.2, 0.25) is 0 Å². The highest BCUT2D eigenvalue weighted by molar-refractivity contribution is 7.91. The highest BCUT2D eigenvalue weighted by atomic mass is 32.2. The Balaban J connectivity index is 1.74. The maximum Gasteiger partial charge on any atom is 0.339 e. The van der Waals surface area contributed by atoms with Gasteiger partial charge in [0.25, 0.3) is 0 Å². The van der Waals surface area contributed by atoms with Crippen LogP contribution in [-0.2, 0) is 29.5 Å². The zero-order chi connectivity index (χ0) is 22.9. The van der Waals surface area contributed by atoms with Gasteiger partial charge in [-0.15, -0.1) is 0 Å². The van der Waals surface area contributed by atoms with Crippen molar-refractivity contribution in [2.75, 3.05) is 20.8 Å². The number of nitrogens with zero attached hydrogens (tertiary/aromatic N) is 1. The zero-order valence-electron chi connectivity index (χ0n) is 18.3. The second kappa shape index (κ2) is 8.84. The van der Waals surface area contributed by atoms with Crippen LogP contribution in [0, 0.1) is 0 Å². The summed E-state index contributed by atoms with van der Waals surface area (Å²) in [6, 6.07) is 10.2. The molecule has 2 aromatic rings. The highest BCUT2D eigenvalue weighted by Crippen LogP contribution is 2.45. The van der Waals surface area contributed by atoms with Crippen molar-refractivity contribution in [1.29, 1.82) is 0 Å². The summed E-state index contributed by atoms with van der Waals surface area (Å²) in [4.78, 5) is 2.31. The molecular weight excluding hydrogens is 426 g/mol. The molecule has 0 bridgehead atoms. The van der Waals surface area contributed by atoms with E-state index >= 15 is 0 Å². The first-order valence-electron chi connectivity index (χ1n) is 10.4. The number of hydrogen-bond acceptors (Lipinski definition) is 6. The van der Waals surface area contributed by atoms with Crippen LogP contribution in [-0.4, -0.2) is 34.1 Å². The maximum atomic E-state index is 12.9. The molecule has 6 nitrogen and oxygen atoms in total. The first-order chi connectivity index (χ1) is 15.4. The summed E-state index contributed by atoms with van der Waals surface area (Å²) >= 11 is 0. The third-order valence-corrected chi connectivity index (χ3v) is 7.37. The molecule has 2 aromatic carbocycles. The summed E-state index contributed by atoms with van der Waals surface area (Å²) in [6.45, 7) is 8.58. The Morgan fingerprint density at radius 2 is 1.94 bits per heavy atom. The minimum atomic E-state index is -4.08. The molecule has 0 aromatic heterocycles. The van der Waals surface area contributed by atoms with E-state index in [1.165, 1.54) is 36.5 Å². The Morgan fingerprint density at radius 1 is 1.12 bits per heavy atom. The number of benzene rings is 2. The van der Waals surface area contributed by atoms with E-state index in [9.17, 15) is 8.42 Å². The van der Waals surface area contributed by atoms with Gasteiger partial charge in [-0.1, -0.05) is 31.4 Å². The van der Waals surface area contributed by atoms with Crippen LogP contribution in [0.25, 0.3) is 0 Å². The monoisotopic (exact) mass is 453 g/mol. The van der Waals surface area contributed by atoms with Crippen molar-refractivity contribution < 1.29 is 22.1 Å². The molecule has 0 saturated heterocycles. The molecule has 0 saturated carbocycles. The molecule has 7 heteroatoms. The third-order valence-electron chi connectivity index (χ3n) is 6.10. The summed E-state index contributed by atoms with van der Waals surface area (Å²) in [5.74, 6) is 1.49. The van der Waals surface area contributed by atoms with E-state index in [-0.39, 0.29) is 16.7 Å². The van der Waals surface area contributed by atoms with E-state index < -0.39 is 10.1 Å². The summed E-state index contributed by atoms with van der Waals surface area (Å²) in [7, 11) is -0.895. The fourth-order valence-corrected chi connectivity index (χ4v) is 5.46. The average molecular weight is 454 g/mol. The molecule has 32 heavy (non-hydrogen) atoms. The van der Waals surface area contributed by atoms with Crippen LogP contribution < -0.4 is 13.7 Å². The number of methoxy groups -OCH3 is 2. The SMILES string of the molecule is C=C/C=C(\C=C)S(=O)(=O)Oc1c(OC)ccc2c1CN1CCc3cc(OC)ccc3C1C2. The Labute approximate surface area is 189 Å². The lowest BCUT2D eigenvalue weighted by atomic mass is 9.83. The maximum absolute atomic E-state index is 12.9. The third kappa shape index (κ3) is 3.94. The smallest absolute Gasteiger partial charge is 0.339 e. The van der Waals surface area contributed by atoms with Crippen LogP contribution in [0.2, 0.25) is 0 Å². The molecule has 0 amide bonds. The largest absolute Gasteiger partial charge is 0.497 e. The Hall–Kier alpha value is -3.03. The van der Waals surface area contributed by atoms with Gasteiger partial charge in [0, 0.05) is 24.7 Å². The van der Waals surface area contributed by atoms with Gasteiger partial charge in [0.05, 0.1) is 14.2 Å². The van der Waals surface area contributed by atoms with Crippen molar-refractivity contribution in [2.24, 2.45) is 0 Å². The predicted octanol–water partition coefficient (Wildman–Crippen LogP) is 4.32. The van der Waals surface area contributed by atoms with Crippen LogP contribution in [0.15, 0.2) is 66.6 Å². The van der Waals surface area contributed by atoms with Crippen LogP contribution in [0.4, 0.5) is 0 Å². The van der Waals surface area contributed by atoms with Crippen LogP contribution in [0.5, 0.6) is 17.2 Å². The van der Waals surface area contributed by atoms with Gasteiger partial charge in [-0.25, -0.2) is 0 Å². The molecular formula is C25H27NO5S. The molecule has 0 spiro atoms. The number of allylic oxidation sites excluding steroid dienone is 3. The summed E-state index contributed by atoms with van der Waals surface area (Å²) in [6.07, 6.45) is 5.65. The Bertz CT molecular complexity index is 1200.